The molecule has 4 heteroatoms. The van der Waals surface area contributed by atoms with E-state index in [1.54, 1.807) is 0 Å². The van der Waals surface area contributed by atoms with Crippen LogP contribution in [-0.4, -0.2) is 18.0 Å². The van der Waals surface area contributed by atoms with E-state index in [1.807, 2.05) is 0 Å². The molecule has 0 spiro atoms. The number of ether oxygens (including phenoxy) is 1. The molecule has 0 heterocycles. The zero-order chi connectivity index (χ0) is 14.5. The Morgan fingerprint density at radius 2 is 1.42 bits per heavy atom. The second-order valence-electron chi connectivity index (χ2n) is 5.11. The van der Waals surface area contributed by atoms with Gasteiger partial charge in [-0.25, -0.2) is 0 Å². The van der Waals surface area contributed by atoms with Crippen molar-refractivity contribution in [2.45, 2.75) is 84.2 Å². The normalized spacial score (nSPS) is 12.1. The molecule has 0 saturated heterocycles. The number of hydrogen-bond donors (Lipinski definition) is 1. The van der Waals surface area contributed by atoms with Gasteiger partial charge in [-0.15, -0.1) is 0 Å². The van der Waals surface area contributed by atoms with Gasteiger partial charge in [0.15, 0.2) is 6.10 Å². The molecule has 0 aliphatic heterocycles. The Hall–Kier alpha value is -1.06. The predicted molar refractivity (Wildman–Crippen MR) is 76.6 cm³/mol. The number of primary amides is 1. The van der Waals surface area contributed by atoms with Gasteiger partial charge in [0.25, 0.3) is 5.91 Å². The average molecular weight is 271 g/mol. The smallest absolute Gasteiger partial charge is 0.306 e. The van der Waals surface area contributed by atoms with E-state index in [9.17, 15) is 9.59 Å². The van der Waals surface area contributed by atoms with E-state index in [2.05, 4.69) is 6.92 Å². The first kappa shape index (κ1) is 17.9. The highest BCUT2D eigenvalue weighted by molar-refractivity contribution is 5.81. The van der Waals surface area contributed by atoms with Crippen molar-refractivity contribution in [2.24, 2.45) is 5.73 Å². The highest BCUT2D eigenvalue weighted by Gasteiger charge is 2.13. The van der Waals surface area contributed by atoms with Crippen LogP contribution < -0.4 is 5.73 Å². The number of carbonyl (C=O) groups is 2. The molecule has 0 fully saturated rings. The topological polar surface area (TPSA) is 69.4 Å². The summed E-state index contributed by atoms with van der Waals surface area (Å²) in [7, 11) is 0. The van der Waals surface area contributed by atoms with Gasteiger partial charge in [-0.3, -0.25) is 9.59 Å². The number of unbranched alkanes of at least 4 members (excludes halogenated alkanes) is 8. The van der Waals surface area contributed by atoms with Crippen molar-refractivity contribution in [3.63, 3.8) is 0 Å². The van der Waals surface area contributed by atoms with E-state index in [4.69, 9.17) is 10.5 Å². The summed E-state index contributed by atoms with van der Waals surface area (Å²) in [6.45, 7) is 3.72. The van der Waals surface area contributed by atoms with Crippen molar-refractivity contribution in [1.82, 2.24) is 0 Å². The minimum absolute atomic E-state index is 0.325. The van der Waals surface area contributed by atoms with E-state index in [0.29, 0.717) is 6.42 Å². The number of nitrogens with two attached hydrogens (primary N) is 1. The lowest BCUT2D eigenvalue weighted by atomic mass is 10.1. The second-order valence-corrected chi connectivity index (χ2v) is 5.11. The van der Waals surface area contributed by atoms with E-state index in [1.165, 1.54) is 51.9 Å². The third-order valence-electron chi connectivity index (χ3n) is 3.19. The molecule has 0 aliphatic rings. The summed E-state index contributed by atoms with van der Waals surface area (Å²) in [5, 5.41) is 0. The van der Waals surface area contributed by atoms with Crippen LogP contribution in [0.1, 0.15) is 78.1 Å². The molecule has 112 valence electrons. The summed E-state index contributed by atoms with van der Waals surface area (Å²) in [6.07, 6.45) is 10.5. The summed E-state index contributed by atoms with van der Waals surface area (Å²) in [6, 6.07) is 0. The van der Waals surface area contributed by atoms with E-state index in [-0.39, 0.29) is 5.97 Å². The first-order chi connectivity index (χ1) is 9.07. The molecule has 0 aliphatic carbocycles. The maximum Gasteiger partial charge on any atom is 0.306 e. The molecular weight excluding hydrogens is 242 g/mol. The van der Waals surface area contributed by atoms with Crippen LogP contribution >= 0.6 is 0 Å². The van der Waals surface area contributed by atoms with Crippen molar-refractivity contribution >= 4 is 11.9 Å². The molecule has 0 aromatic heterocycles. The summed E-state index contributed by atoms with van der Waals surface area (Å²) >= 11 is 0. The fourth-order valence-corrected chi connectivity index (χ4v) is 1.89. The van der Waals surface area contributed by atoms with Crippen molar-refractivity contribution < 1.29 is 14.3 Å². The molecule has 4 nitrogen and oxygen atoms in total. The van der Waals surface area contributed by atoms with Crippen molar-refractivity contribution in [2.75, 3.05) is 0 Å². The van der Waals surface area contributed by atoms with Crippen LogP contribution in [0.5, 0.6) is 0 Å². The molecular formula is C15H29NO3. The van der Waals surface area contributed by atoms with Gasteiger partial charge in [0.05, 0.1) is 0 Å². The maximum absolute atomic E-state index is 11.3. The largest absolute Gasteiger partial charge is 0.453 e. The molecule has 19 heavy (non-hydrogen) atoms. The molecule has 1 atom stereocenters. The summed E-state index contributed by atoms with van der Waals surface area (Å²) in [5.41, 5.74) is 5.01. The highest BCUT2D eigenvalue weighted by Crippen LogP contribution is 2.11. The predicted octanol–water partition coefficient (Wildman–Crippen LogP) is 3.32. The van der Waals surface area contributed by atoms with Gasteiger partial charge < -0.3 is 10.5 Å². The fourth-order valence-electron chi connectivity index (χ4n) is 1.89. The van der Waals surface area contributed by atoms with Crippen LogP contribution in [0.25, 0.3) is 0 Å². The number of rotatable bonds is 12. The van der Waals surface area contributed by atoms with E-state index in [0.717, 1.165) is 12.8 Å². The Bertz CT molecular complexity index is 254. The first-order valence-electron chi connectivity index (χ1n) is 7.56. The van der Waals surface area contributed by atoms with Crippen molar-refractivity contribution in [1.29, 1.82) is 0 Å². The molecule has 0 radical (unpaired) electrons. The van der Waals surface area contributed by atoms with Gasteiger partial charge in [0, 0.05) is 6.42 Å². The molecule has 0 unspecified atom stereocenters. The van der Waals surface area contributed by atoms with E-state index < -0.39 is 12.0 Å². The third kappa shape index (κ3) is 11.7. The summed E-state index contributed by atoms with van der Waals surface area (Å²) in [5.74, 6) is -0.922. The van der Waals surface area contributed by atoms with Crippen molar-refractivity contribution in [3.05, 3.63) is 0 Å². The zero-order valence-corrected chi connectivity index (χ0v) is 12.5. The summed E-state index contributed by atoms with van der Waals surface area (Å²) in [4.78, 5) is 22.0. The zero-order valence-electron chi connectivity index (χ0n) is 12.5. The minimum atomic E-state index is -0.814. The maximum atomic E-state index is 11.3. The van der Waals surface area contributed by atoms with Crippen LogP contribution in [-0.2, 0) is 14.3 Å². The van der Waals surface area contributed by atoms with Crippen LogP contribution in [0.2, 0.25) is 0 Å². The monoisotopic (exact) mass is 271 g/mol. The summed E-state index contributed by atoms with van der Waals surface area (Å²) < 4.78 is 4.87. The van der Waals surface area contributed by atoms with Crippen molar-refractivity contribution in [3.8, 4) is 0 Å². The number of hydrogen-bond acceptors (Lipinski definition) is 3. The molecule has 0 saturated carbocycles. The number of carbonyl (C=O) groups excluding carboxylic acids is 2. The first-order valence-corrected chi connectivity index (χ1v) is 7.56. The second kappa shape index (κ2) is 12.0. The Morgan fingerprint density at radius 1 is 0.947 bits per heavy atom. The number of amides is 1. The van der Waals surface area contributed by atoms with Crippen LogP contribution in [0.15, 0.2) is 0 Å². The van der Waals surface area contributed by atoms with Gasteiger partial charge in [-0.05, 0) is 13.3 Å². The van der Waals surface area contributed by atoms with Gasteiger partial charge >= 0.3 is 5.97 Å². The lowest BCUT2D eigenvalue weighted by Gasteiger charge is -2.09. The van der Waals surface area contributed by atoms with Gasteiger partial charge in [0.2, 0.25) is 0 Å². The lowest BCUT2D eigenvalue weighted by molar-refractivity contribution is -0.153. The van der Waals surface area contributed by atoms with Gasteiger partial charge in [0.1, 0.15) is 0 Å². The van der Waals surface area contributed by atoms with E-state index >= 15 is 0 Å². The number of esters is 1. The molecule has 1 amide bonds. The molecule has 0 aromatic rings. The third-order valence-corrected chi connectivity index (χ3v) is 3.19. The molecule has 0 bridgehead atoms. The molecule has 0 rings (SSSR count). The Labute approximate surface area is 117 Å². The highest BCUT2D eigenvalue weighted by atomic mass is 16.5. The molecule has 0 aromatic carbocycles. The standard InChI is InChI=1S/C15H29NO3/c1-3-4-5-6-7-8-9-10-11-12-14(17)19-13(2)15(16)18/h13H,3-12H2,1-2H3,(H2,16,18)/t13-/m1/s1. The van der Waals surface area contributed by atoms with Gasteiger partial charge in [-0.1, -0.05) is 58.3 Å². The lowest BCUT2D eigenvalue weighted by Crippen LogP contribution is -2.30. The average Bonchev–Trinajstić information content (AvgIpc) is 2.36. The SMILES string of the molecule is CCCCCCCCCCCC(=O)O[C@H](C)C(N)=O. The quantitative estimate of drug-likeness (QED) is 0.437. The molecule has 2 N–H and O–H groups in total. The van der Waals surface area contributed by atoms with Gasteiger partial charge in [-0.2, -0.15) is 0 Å². The fraction of sp³-hybridized carbons (Fsp3) is 0.867. The van der Waals surface area contributed by atoms with Crippen LogP contribution in [0.4, 0.5) is 0 Å². The minimum Gasteiger partial charge on any atom is -0.453 e. The Balaban J connectivity index is 3.30. The Kier molecular flexibility index (Phi) is 11.3. The Morgan fingerprint density at radius 3 is 1.89 bits per heavy atom. The van der Waals surface area contributed by atoms with Crippen LogP contribution in [0, 0.1) is 0 Å². The van der Waals surface area contributed by atoms with Crippen LogP contribution in [0.3, 0.4) is 0 Å².